The van der Waals surface area contributed by atoms with E-state index in [1.807, 2.05) is 40.0 Å². The Morgan fingerprint density at radius 1 is 1.07 bits per heavy atom. The second-order valence-electron chi connectivity index (χ2n) is 17.3. The number of carbonyl (C=O) groups is 4. The van der Waals surface area contributed by atoms with Gasteiger partial charge in [-0.3, -0.25) is 9.59 Å². The van der Waals surface area contributed by atoms with Crippen LogP contribution in [0.4, 0.5) is 9.93 Å². The van der Waals surface area contributed by atoms with Crippen molar-refractivity contribution in [1.29, 1.82) is 0 Å². The number of nitrogens with zero attached hydrogens (tertiary/aromatic N) is 3. The first-order valence-corrected chi connectivity index (χ1v) is 20.8. The van der Waals surface area contributed by atoms with Crippen molar-refractivity contribution in [2.45, 2.75) is 110 Å². The number of amides is 3. The van der Waals surface area contributed by atoms with E-state index >= 15 is 0 Å². The first kappa shape index (κ1) is 42.6. The fourth-order valence-corrected chi connectivity index (χ4v) is 8.69. The van der Waals surface area contributed by atoms with Crippen LogP contribution >= 0.6 is 11.3 Å². The Kier molecular flexibility index (Phi) is 12.6. The number of rotatable bonds is 15. The minimum atomic E-state index is -1.53. The van der Waals surface area contributed by atoms with Crippen molar-refractivity contribution in [3.63, 3.8) is 0 Å². The molecule has 2 aromatic heterocycles. The SMILES string of the molecule is C=C[C@@H]1C[C@]1(NC(=O)[C@@H]1C[C@@H](Oc2cc(-c3csc(NC(C)C)n3)nc3cc(OCCO)ccc23)CN1C(=O)[C@@H](NC(=O)OC1CC(C)[C@@H](C)C1)C(C)(C)C)C(=O)O. The molecule has 314 valence electrons. The van der Waals surface area contributed by atoms with Gasteiger partial charge in [0.25, 0.3) is 0 Å². The predicted octanol–water partition coefficient (Wildman–Crippen LogP) is 5.62. The monoisotopic (exact) mass is 820 g/mol. The molecule has 6 rings (SSSR count). The summed E-state index contributed by atoms with van der Waals surface area (Å²) < 4.78 is 18.2. The number of thiazole rings is 1. The molecular weight excluding hydrogens is 765 g/mol. The highest BCUT2D eigenvalue weighted by Gasteiger charge is 2.61. The van der Waals surface area contributed by atoms with Crippen LogP contribution in [0.5, 0.6) is 11.5 Å². The summed E-state index contributed by atoms with van der Waals surface area (Å²) in [6, 6.07) is 4.98. The number of alkyl carbamates (subject to hydrolysis) is 1. The molecule has 16 heteroatoms. The maximum absolute atomic E-state index is 14.7. The Bertz CT molecular complexity index is 2020. The van der Waals surface area contributed by atoms with E-state index in [2.05, 4.69) is 36.4 Å². The van der Waals surface area contributed by atoms with Gasteiger partial charge < -0.3 is 45.3 Å². The Morgan fingerprint density at radius 3 is 2.41 bits per heavy atom. The highest BCUT2D eigenvalue weighted by atomic mass is 32.1. The molecule has 15 nitrogen and oxygen atoms in total. The molecule has 2 saturated carbocycles. The largest absolute Gasteiger partial charge is 0.491 e. The van der Waals surface area contributed by atoms with Crippen LogP contribution in [0, 0.1) is 23.2 Å². The van der Waals surface area contributed by atoms with Gasteiger partial charge in [0.2, 0.25) is 11.8 Å². The topological polar surface area (TPSA) is 202 Å². The van der Waals surface area contributed by atoms with Crippen LogP contribution in [-0.4, -0.2) is 105 Å². The van der Waals surface area contributed by atoms with Crippen LogP contribution in [0.25, 0.3) is 22.3 Å². The van der Waals surface area contributed by atoms with Gasteiger partial charge in [-0.25, -0.2) is 19.6 Å². The fourth-order valence-electron chi connectivity index (χ4n) is 7.84. The van der Waals surface area contributed by atoms with E-state index in [1.54, 1.807) is 24.3 Å². The summed E-state index contributed by atoms with van der Waals surface area (Å²) in [5.41, 5.74) is -0.680. The van der Waals surface area contributed by atoms with E-state index < -0.39 is 58.9 Å². The number of aliphatic carboxylic acids is 1. The number of pyridine rings is 1. The van der Waals surface area contributed by atoms with Gasteiger partial charge in [-0.05, 0) is 62.5 Å². The molecule has 0 bridgehead atoms. The number of ether oxygens (including phenoxy) is 3. The van der Waals surface area contributed by atoms with E-state index in [0.717, 1.165) is 18.0 Å². The van der Waals surface area contributed by atoms with Crippen LogP contribution in [0.3, 0.4) is 0 Å². The van der Waals surface area contributed by atoms with E-state index in [1.165, 1.54) is 22.3 Å². The number of likely N-dealkylation sites (tertiary alicyclic amines) is 1. The van der Waals surface area contributed by atoms with Crippen molar-refractivity contribution in [2.24, 2.45) is 23.2 Å². The lowest BCUT2D eigenvalue weighted by Gasteiger charge is -2.35. The molecule has 3 aromatic rings. The van der Waals surface area contributed by atoms with Crippen molar-refractivity contribution in [2.75, 3.05) is 25.1 Å². The van der Waals surface area contributed by atoms with Gasteiger partial charge >= 0.3 is 12.1 Å². The predicted molar refractivity (Wildman–Crippen MR) is 220 cm³/mol. The lowest BCUT2D eigenvalue weighted by Crippen LogP contribution is -2.59. The number of aliphatic hydroxyl groups is 1. The second-order valence-corrected chi connectivity index (χ2v) is 18.1. The highest BCUT2D eigenvalue weighted by molar-refractivity contribution is 7.14. The molecule has 2 unspecified atom stereocenters. The van der Waals surface area contributed by atoms with Crippen molar-refractivity contribution in [3.8, 4) is 22.9 Å². The Hall–Kier alpha value is -4.96. The molecule has 8 atom stereocenters. The Morgan fingerprint density at radius 2 is 1.79 bits per heavy atom. The van der Waals surface area contributed by atoms with Gasteiger partial charge in [0.05, 0.1) is 24.4 Å². The second kappa shape index (κ2) is 17.1. The Labute approximate surface area is 342 Å². The summed E-state index contributed by atoms with van der Waals surface area (Å²) in [6.07, 6.45) is 1.45. The molecule has 1 saturated heterocycles. The number of hydrogen-bond donors (Lipinski definition) is 5. The molecule has 0 radical (unpaired) electrons. The smallest absolute Gasteiger partial charge is 0.408 e. The van der Waals surface area contributed by atoms with Crippen LogP contribution in [0.15, 0.2) is 42.3 Å². The average Bonchev–Trinajstić information content (AvgIpc) is 3.39. The molecule has 2 aliphatic carbocycles. The number of benzene rings is 1. The number of carboxylic acid groups (broad SMARTS) is 1. The van der Waals surface area contributed by atoms with Crippen LogP contribution < -0.4 is 25.4 Å². The van der Waals surface area contributed by atoms with E-state index in [4.69, 9.17) is 24.2 Å². The number of anilines is 1. The first-order chi connectivity index (χ1) is 27.4. The number of carbonyl (C=O) groups excluding carboxylic acids is 3. The molecule has 3 fully saturated rings. The van der Waals surface area contributed by atoms with Gasteiger partial charge in [-0.1, -0.05) is 40.7 Å². The van der Waals surface area contributed by atoms with Crippen LogP contribution in [0.2, 0.25) is 0 Å². The van der Waals surface area contributed by atoms with Gasteiger partial charge in [0.15, 0.2) is 5.13 Å². The van der Waals surface area contributed by atoms with E-state index in [0.29, 0.717) is 45.6 Å². The minimum Gasteiger partial charge on any atom is -0.491 e. The molecular formula is C42H56N6O9S. The average molecular weight is 821 g/mol. The highest BCUT2D eigenvalue weighted by Crippen LogP contribution is 2.45. The normalized spacial score (nSPS) is 25.9. The maximum atomic E-state index is 14.7. The third-order valence-electron chi connectivity index (χ3n) is 11.3. The first-order valence-electron chi connectivity index (χ1n) is 20.0. The molecule has 58 heavy (non-hydrogen) atoms. The van der Waals surface area contributed by atoms with E-state index in [-0.39, 0.29) is 44.7 Å². The molecule has 0 spiro atoms. The van der Waals surface area contributed by atoms with Crippen LogP contribution in [-0.2, 0) is 19.1 Å². The molecule has 3 heterocycles. The number of aromatic nitrogens is 2. The summed E-state index contributed by atoms with van der Waals surface area (Å²) >= 11 is 1.44. The zero-order chi connectivity index (χ0) is 42.1. The lowest BCUT2D eigenvalue weighted by atomic mass is 9.85. The van der Waals surface area contributed by atoms with Crippen molar-refractivity contribution >= 4 is 51.2 Å². The lowest BCUT2D eigenvalue weighted by molar-refractivity contribution is -0.146. The maximum Gasteiger partial charge on any atom is 0.408 e. The Balaban J connectivity index is 1.32. The molecule has 3 aliphatic rings. The van der Waals surface area contributed by atoms with Crippen molar-refractivity contribution in [3.05, 3.63) is 42.3 Å². The third-order valence-corrected chi connectivity index (χ3v) is 12.1. The number of carboxylic acids is 1. The summed E-state index contributed by atoms with van der Waals surface area (Å²) in [4.78, 5) is 65.6. The number of nitrogens with one attached hydrogen (secondary N) is 3. The molecule has 1 aromatic carbocycles. The third kappa shape index (κ3) is 9.33. The number of aliphatic hydroxyl groups excluding tert-OH is 1. The van der Waals surface area contributed by atoms with Gasteiger partial charge in [-0.2, -0.15) is 0 Å². The van der Waals surface area contributed by atoms with Gasteiger partial charge in [-0.15, -0.1) is 17.9 Å². The van der Waals surface area contributed by atoms with E-state index in [9.17, 15) is 29.4 Å². The zero-order valence-electron chi connectivity index (χ0n) is 34.2. The van der Waals surface area contributed by atoms with Gasteiger partial charge in [0, 0.05) is 41.3 Å². The standard InChI is InChI=1S/C42H56N6O9S/c1-9-25-19-42(25,38(52)53)47-36(50)33-17-28(20-48(33)37(51)35(41(6,7)8)46-40(54)57-27-14-23(4)24(5)15-27)56-34-18-31(32-21-58-39(45-32)43-22(2)3)44-30-16-26(55-13-12-49)10-11-29(30)34/h9-11,16,18,21-25,27-28,33,35,49H,1,12-15,17,19-20H2,2-8H3,(H,43,45)(H,46,54)(H,47,50)(H,52,53)/t23-,24?,25+,27?,28+,33-,35+,42+/m0/s1. The molecule has 5 N–H and O–H groups in total. The fraction of sp³-hybridized carbons (Fsp3) is 0.571. The van der Waals surface area contributed by atoms with Crippen molar-refractivity contribution < 1.29 is 43.6 Å². The van der Waals surface area contributed by atoms with Gasteiger partial charge in [0.1, 0.15) is 53.6 Å². The number of hydrogen-bond acceptors (Lipinski definition) is 12. The summed E-state index contributed by atoms with van der Waals surface area (Å²) in [7, 11) is 0. The quantitative estimate of drug-likeness (QED) is 0.119. The summed E-state index contributed by atoms with van der Waals surface area (Å²) in [5.74, 6) is -1.11. The summed E-state index contributed by atoms with van der Waals surface area (Å²) in [6.45, 7) is 17.4. The number of fused-ring (bicyclic) bond motifs is 1. The van der Waals surface area contributed by atoms with Crippen LogP contribution in [0.1, 0.15) is 74.1 Å². The molecule has 1 aliphatic heterocycles. The zero-order valence-corrected chi connectivity index (χ0v) is 35.1. The minimum absolute atomic E-state index is 0.0290. The van der Waals surface area contributed by atoms with Crippen molar-refractivity contribution in [1.82, 2.24) is 25.5 Å². The molecule has 3 amide bonds. The summed E-state index contributed by atoms with van der Waals surface area (Å²) in [5, 5.41) is 31.6.